The summed E-state index contributed by atoms with van der Waals surface area (Å²) < 4.78 is 37.3. The molecular weight excluding hydrogens is 303 g/mol. The van der Waals surface area contributed by atoms with Crippen LogP contribution < -0.4 is 0 Å². The average Bonchev–Trinajstić information content (AvgIpc) is 2.76. The molecule has 0 aliphatic rings. The van der Waals surface area contributed by atoms with E-state index in [-0.39, 0.29) is 16.8 Å². The van der Waals surface area contributed by atoms with Crippen LogP contribution in [0, 0.1) is 5.82 Å². The van der Waals surface area contributed by atoms with Crippen LogP contribution >= 0.6 is 10.7 Å². The molecule has 0 fully saturated rings. The Morgan fingerprint density at radius 2 is 1.90 bits per heavy atom. The lowest BCUT2D eigenvalue weighted by atomic mass is 10.2. The minimum absolute atomic E-state index is 0.0441. The average molecular weight is 317 g/mol. The maximum Gasteiger partial charge on any atom is 0.280 e. The van der Waals surface area contributed by atoms with E-state index in [1.54, 1.807) is 16.7 Å². The number of rotatable bonds is 4. The van der Waals surface area contributed by atoms with Crippen molar-refractivity contribution in [3.8, 4) is 0 Å². The Bertz CT molecular complexity index is 708. The van der Waals surface area contributed by atoms with Crippen molar-refractivity contribution in [1.29, 1.82) is 0 Å². The number of halogens is 2. The second kappa shape index (κ2) is 5.54. The van der Waals surface area contributed by atoms with Crippen LogP contribution in [0.1, 0.15) is 31.2 Å². The summed E-state index contributed by atoms with van der Waals surface area (Å²) in [5.41, 5.74) is 0.851. The van der Waals surface area contributed by atoms with E-state index >= 15 is 0 Å². The number of hydrogen-bond acceptors (Lipinski definition) is 3. The summed E-state index contributed by atoms with van der Waals surface area (Å²) in [5.74, 6) is 0.351. The molecule has 0 atom stereocenters. The fraction of sp³-hybridized carbons (Fsp3) is 0.308. The van der Waals surface area contributed by atoms with E-state index < -0.39 is 9.05 Å². The van der Waals surface area contributed by atoms with Gasteiger partial charge in [-0.15, -0.1) is 0 Å². The number of imidazole rings is 1. The van der Waals surface area contributed by atoms with Gasteiger partial charge in [0.1, 0.15) is 11.6 Å². The predicted molar refractivity (Wildman–Crippen MR) is 74.9 cm³/mol. The van der Waals surface area contributed by atoms with Crippen LogP contribution in [-0.4, -0.2) is 18.0 Å². The van der Waals surface area contributed by atoms with Crippen LogP contribution in [0.3, 0.4) is 0 Å². The second-order valence-corrected chi connectivity index (χ2v) is 7.30. The van der Waals surface area contributed by atoms with Crippen LogP contribution in [0.4, 0.5) is 4.39 Å². The molecule has 0 bridgehead atoms. The van der Waals surface area contributed by atoms with Crippen molar-refractivity contribution < 1.29 is 12.8 Å². The monoisotopic (exact) mass is 316 g/mol. The molecule has 1 aromatic heterocycles. The highest BCUT2D eigenvalue weighted by Crippen LogP contribution is 2.21. The molecule has 4 nitrogen and oxygen atoms in total. The SMILES string of the molecule is CC(C)c1nc(S(=O)(=O)Cl)cn1Cc1ccc(F)cc1. The third-order valence-corrected chi connectivity index (χ3v) is 3.99. The second-order valence-electron chi connectivity index (χ2n) is 4.78. The Morgan fingerprint density at radius 3 is 2.40 bits per heavy atom. The molecule has 7 heteroatoms. The third-order valence-electron chi connectivity index (χ3n) is 2.82. The summed E-state index contributed by atoms with van der Waals surface area (Å²) in [6.07, 6.45) is 1.40. The molecule has 108 valence electrons. The number of aromatic nitrogens is 2. The van der Waals surface area contributed by atoms with E-state index in [1.807, 2.05) is 13.8 Å². The van der Waals surface area contributed by atoms with Gasteiger partial charge in [-0.25, -0.2) is 17.8 Å². The molecule has 0 aliphatic heterocycles. The van der Waals surface area contributed by atoms with E-state index in [4.69, 9.17) is 10.7 Å². The highest BCUT2D eigenvalue weighted by Gasteiger charge is 2.19. The molecule has 2 aromatic rings. The Balaban J connectivity index is 2.40. The van der Waals surface area contributed by atoms with Crippen molar-refractivity contribution in [2.75, 3.05) is 0 Å². The van der Waals surface area contributed by atoms with Gasteiger partial charge in [0, 0.05) is 29.3 Å². The van der Waals surface area contributed by atoms with Gasteiger partial charge in [-0.3, -0.25) is 0 Å². The molecule has 0 amide bonds. The standard InChI is InChI=1S/C13H14ClFN2O2S/c1-9(2)13-16-12(20(14,18)19)8-17(13)7-10-3-5-11(15)6-4-10/h3-6,8-9H,7H2,1-2H3. The number of nitrogens with zero attached hydrogens (tertiary/aromatic N) is 2. The van der Waals surface area contributed by atoms with Crippen LogP contribution in [0.25, 0.3) is 0 Å². The largest absolute Gasteiger partial charge is 0.329 e. The van der Waals surface area contributed by atoms with Crippen LogP contribution in [0.15, 0.2) is 35.5 Å². The van der Waals surface area contributed by atoms with Gasteiger partial charge in [0.05, 0.1) is 0 Å². The molecule has 1 aromatic carbocycles. The molecule has 0 spiro atoms. The van der Waals surface area contributed by atoms with Gasteiger partial charge in [0.15, 0.2) is 5.03 Å². The molecule has 20 heavy (non-hydrogen) atoms. The van der Waals surface area contributed by atoms with Gasteiger partial charge >= 0.3 is 0 Å². The molecular formula is C13H14ClFN2O2S. The van der Waals surface area contributed by atoms with E-state index in [1.165, 1.54) is 18.3 Å². The molecule has 0 aliphatic carbocycles. The molecule has 0 N–H and O–H groups in total. The fourth-order valence-electron chi connectivity index (χ4n) is 1.90. The van der Waals surface area contributed by atoms with Gasteiger partial charge < -0.3 is 4.57 Å². The van der Waals surface area contributed by atoms with Crippen molar-refractivity contribution in [3.63, 3.8) is 0 Å². The van der Waals surface area contributed by atoms with Crippen molar-refractivity contribution in [1.82, 2.24) is 9.55 Å². The van der Waals surface area contributed by atoms with Gasteiger partial charge in [0.25, 0.3) is 9.05 Å². The molecule has 0 unspecified atom stereocenters. The van der Waals surface area contributed by atoms with Gasteiger partial charge in [-0.1, -0.05) is 26.0 Å². The minimum Gasteiger partial charge on any atom is -0.329 e. The molecule has 0 radical (unpaired) electrons. The number of hydrogen-bond donors (Lipinski definition) is 0. The minimum atomic E-state index is -3.86. The summed E-state index contributed by atoms with van der Waals surface area (Å²) in [6.45, 7) is 4.23. The van der Waals surface area contributed by atoms with Gasteiger partial charge in [-0.2, -0.15) is 0 Å². The summed E-state index contributed by atoms with van der Waals surface area (Å²) in [4.78, 5) is 4.06. The van der Waals surface area contributed by atoms with E-state index in [2.05, 4.69) is 4.98 Å². The number of benzene rings is 1. The van der Waals surface area contributed by atoms with E-state index in [0.717, 1.165) is 5.56 Å². The topological polar surface area (TPSA) is 52.0 Å². The summed E-state index contributed by atoms with van der Waals surface area (Å²) in [7, 11) is 1.46. The predicted octanol–water partition coefficient (Wildman–Crippen LogP) is 3.12. The first-order chi connectivity index (χ1) is 9.27. The summed E-state index contributed by atoms with van der Waals surface area (Å²) >= 11 is 0. The zero-order chi connectivity index (χ0) is 14.9. The van der Waals surface area contributed by atoms with Gasteiger partial charge in [0.2, 0.25) is 0 Å². The Kier molecular flexibility index (Phi) is 4.15. The third kappa shape index (κ3) is 3.37. The maximum absolute atomic E-state index is 12.9. The summed E-state index contributed by atoms with van der Waals surface area (Å²) in [6, 6.07) is 6.02. The summed E-state index contributed by atoms with van der Waals surface area (Å²) in [5, 5.41) is -0.162. The quantitative estimate of drug-likeness (QED) is 0.814. The zero-order valence-corrected chi connectivity index (χ0v) is 12.6. The molecule has 0 saturated heterocycles. The molecule has 1 heterocycles. The van der Waals surface area contributed by atoms with Crippen LogP contribution in [0.5, 0.6) is 0 Å². The van der Waals surface area contributed by atoms with Crippen molar-refractivity contribution >= 4 is 19.7 Å². The van der Waals surface area contributed by atoms with Crippen molar-refractivity contribution in [2.45, 2.75) is 31.3 Å². The Hall–Kier alpha value is -1.40. The zero-order valence-electron chi connectivity index (χ0n) is 11.0. The fourth-order valence-corrected chi connectivity index (χ4v) is 2.58. The highest BCUT2D eigenvalue weighted by molar-refractivity contribution is 8.13. The molecule has 2 rings (SSSR count). The maximum atomic E-state index is 12.9. The lowest BCUT2D eigenvalue weighted by molar-refractivity contribution is 0.606. The smallest absolute Gasteiger partial charge is 0.280 e. The Morgan fingerprint density at radius 1 is 1.30 bits per heavy atom. The first kappa shape index (κ1) is 15.0. The van der Waals surface area contributed by atoms with E-state index in [0.29, 0.717) is 12.4 Å². The van der Waals surface area contributed by atoms with Crippen LogP contribution in [-0.2, 0) is 15.6 Å². The first-order valence-corrected chi connectivity index (χ1v) is 8.34. The highest BCUT2D eigenvalue weighted by atomic mass is 35.7. The van der Waals surface area contributed by atoms with Crippen molar-refractivity contribution in [2.24, 2.45) is 0 Å². The van der Waals surface area contributed by atoms with Crippen molar-refractivity contribution in [3.05, 3.63) is 47.7 Å². The first-order valence-electron chi connectivity index (χ1n) is 6.03. The lowest BCUT2D eigenvalue weighted by Crippen LogP contribution is -2.05. The normalized spacial score (nSPS) is 12.1. The van der Waals surface area contributed by atoms with Gasteiger partial charge in [-0.05, 0) is 17.7 Å². The lowest BCUT2D eigenvalue weighted by Gasteiger charge is -2.09. The van der Waals surface area contributed by atoms with E-state index in [9.17, 15) is 12.8 Å². The Labute approximate surface area is 121 Å². The molecule has 0 saturated carbocycles. The van der Waals surface area contributed by atoms with Crippen LogP contribution in [0.2, 0.25) is 0 Å².